The van der Waals surface area contributed by atoms with E-state index in [2.05, 4.69) is 0 Å². The molecule has 0 amide bonds. The first-order chi connectivity index (χ1) is 8.76. The maximum atomic E-state index is 12.5. The molecule has 0 radical (unpaired) electrons. The van der Waals surface area contributed by atoms with E-state index >= 15 is 0 Å². The normalized spacial score (nSPS) is 16.3. The van der Waals surface area contributed by atoms with Crippen molar-refractivity contribution in [3.8, 4) is 11.5 Å². The second-order valence-corrected chi connectivity index (χ2v) is 4.77. The SMILES string of the molecule is COc1ccc(C(=O)C2CCCCC2)c(OC)c1. The molecule has 0 atom stereocenters. The van der Waals surface area contributed by atoms with Crippen LogP contribution in [0.25, 0.3) is 0 Å². The van der Waals surface area contributed by atoms with Gasteiger partial charge in [-0.05, 0) is 25.0 Å². The minimum absolute atomic E-state index is 0.168. The van der Waals surface area contributed by atoms with Crippen LogP contribution in [0, 0.1) is 5.92 Å². The van der Waals surface area contributed by atoms with E-state index in [4.69, 9.17) is 9.47 Å². The molecule has 0 bridgehead atoms. The molecule has 1 aromatic rings. The van der Waals surface area contributed by atoms with Crippen LogP contribution in [0.1, 0.15) is 42.5 Å². The van der Waals surface area contributed by atoms with Crippen molar-refractivity contribution in [3.63, 3.8) is 0 Å². The molecule has 0 heterocycles. The minimum Gasteiger partial charge on any atom is -0.497 e. The summed E-state index contributed by atoms with van der Waals surface area (Å²) in [5.74, 6) is 1.72. The van der Waals surface area contributed by atoms with Crippen molar-refractivity contribution in [3.05, 3.63) is 23.8 Å². The van der Waals surface area contributed by atoms with Crippen LogP contribution in [0.4, 0.5) is 0 Å². The Labute approximate surface area is 108 Å². The third kappa shape index (κ3) is 2.66. The van der Waals surface area contributed by atoms with E-state index in [-0.39, 0.29) is 11.7 Å². The first kappa shape index (κ1) is 12.9. The van der Waals surface area contributed by atoms with Crippen molar-refractivity contribution in [2.45, 2.75) is 32.1 Å². The molecule has 98 valence electrons. The summed E-state index contributed by atoms with van der Waals surface area (Å²) in [6, 6.07) is 5.41. The fourth-order valence-electron chi connectivity index (χ4n) is 2.59. The van der Waals surface area contributed by atoms with Crippen LogP contribution in [0.2, 0.25) is 0 Å². The summed E-state index contributed by atoms with van der Waals surface area (Å²) in [6.07, 6.45) is 5.59. The summed E-state index contributed by atoms with van der Waals surface area (Å²) in [6.45, 7) is 0. The highest BCUT2D eigenvalue weighted by molar-refractivity contribution is 6.00. The number of rotatable bonds is 4. The molecule has 1 aliphatic carbocycles. The topological polar surface area (TPSA) is 35.5 Å². The molecule has 0 saturated heterocycles. The minimum atomic E-state index is 0.168. The highest BCUT2D eigenvalue weighted by Crippen LogP contribution is 2.32. The van der Waals surface area contributed by atoms with Crippen LogP contribution in [-0.2, 0) is 0 Å². The third-order valence-corrected chi connectivity index (χ3v) is 3.65. The number of methoxy groups -OCH3 is 2. The van der Waals surface area contributed by atoms with Crippen molar-refractivity contribution in [1.82, 2.24) is 0 Å². The van der Waals surface area contributed by atoms with E-state index < -0.39 is 0 Å². The fourth-order valence-corrected chi connectivity index (χ4v) is 2.59. The Morgan fingerprint density at radius 3 is 2.44 bits per heavy atom. The molecule has 0 spiro atoms. The molecule has 1 fully saturated rings. The summed E-state index contributed by atoms with van der Waals surface area (Å²) in [5.41, 5.74) is 0.685. The zero-order chi connectivity index (χ0) is 13.0. The van der Waals surface area contributed by atoms with Crippen molar-refractivity contribution in [2.24, 2.45) is 5.92 Å². The molecule has 1 aliphatic rings. The van der Waals surface area contributed by atoms with Gasteiger partial charge in [0.05, 0.1) is 19.8 Å². The molecule has 0 N–H and O–H groups in total. The Morgan fingerprint density at radius 1 is 1.11 bits per heavy atom. The van der Waals surface area contributed by atoms with E-state index in [1.807, 2.05) is 12.1 Å². The Morgan fingerprint density at radius 2 is 1.83 bits per heavy atom. The lowest BCUT2D eigenvalue weighted by molar-refractivity contribution is 0.0886. The molecular formula is C15H20O3. The van der Waals surface area contributed by atoms with Crippen LogP contribution in [0.3, 0.4) is 0 Å². The van der Waals surface area contributed by atoms with Gasteiger partial charge in [-0.2, -0.15) is 0 Å². The lowest BCUT2D eigenvalue weighted by Gasteiger charge is -2.21. The van der Waals surface area contributed by atoms with E-state index in [1.54, 1.807) is 20.3 Å². The van der Waals surface area contributed by atoms with Crippen LogP contribution >= 0.6 is 0 Å². The monoisotopic (exact) mass is 248 g/mol. The van der Waals surface area contributed by atoms with E-state index in [9.17, 15) is 4.79 Å². The van der Waals surface area contributed by atoms with Gasteiger partial charge in [-0.3, -0.25) is 4.79 Å². The molecule has 1 aromatic carbocycles. The lowest BCUT2D eigenvalue weighted by atomic mass is 9.83. The Bertz CT molecular complexity index is 420. The van der Waals surface area contributed by atoms with Gasteiger partial charge in [0.2, 0.25) is 0 Å². The summed E-state index contributed by atoms with van der Waals surface area (Å²) in [4.78, 5) is 12.5. The van der Waals surface area contributed by atoms with Gasteiger partial charge in [0.1, 0.15) is 11.5 Å². The summed E-state index contributed by atoms with van der Waals surface area (Å²) >= 11 is 0. The predicted molar refractivity (Wildman–Crippen MR) is 70.5 cm³/mol. The third-order valence-electron chi connectivity index (χ3n) is 3.65. The maximum Gasteiger partial charge on any atom is 0.169 e. The Kier molecular flexibility index (Phi) is 4.24. The molecule has 3 nitrogen and oxygen atoms in total. The first-order valence-electron chi connectivity index (χ1n) is 6.52. The van der Waals surface area contributed by atoms with Gasteiger partial charge in [0.15, 0.2) is 5.78 Å². The zero-order valence-corrected chi connectivity index (χ0v) is 11.1. The Hall–Kier alpha value is -1.51. The molecule has 0 aliphatic heterocycles. The Balaban J connectivity index is 2.23. The standard InChI is InChI=1S/C15H20O3/c1-17-12-8-9-13(14(10-12)18-2)15(16)11-6-4-3-5-7-11/h8-11H,3-7H2,1-2H3. The van der Waals surface area contributed by atoms with E-state index in [0.717, 1.165) is 25.7 Å². The van der Waals surface area contributed by atoms with Crippen LogP contribution < -0.4 is 9.47 Å². The number of ketones is 1. The van der Waals surface area contributed by atoms with Gasteiger partial charge in [-0.25, -0.2) is 0 Å². The second kappa shape index (κ2) is 5.89. The van der Waals surface area contributed by atoms with Crippen molar-refractivity contribution >= 4 is 5.78 Å². The number of carbonyl (C=O) groups excluding carboxylic acids is 1. The van der Waals surface area contributed by atoms with Gasteiger partial charge in [0.25, 0.3) is 0 Å². The van der Waals surface area contributed by atoms with Gasteiger partial charge in [-0.15, -0.1) is 0 Å². The molecule has 3 heteroatoms. The largest absolute Gasteiger partial charge is 0.497 e. The number of hydrogen-bond acceptors (Lipinski definition) is 3. The number of benzene rings is 1. The highest BCUT2D eigenvalue weighted by atomic mass is 16.5. The van der Waals surface area contributed by atoms with Crippen LogP contribution in [0.15, 0.2) is 18.2 Å². The summed E-state index contributed by atoms with van der Waals surface area (Å²) < 4.78 is 10.4. The van der Waals surface area contributed by atoms with Gasteiger partial charge < -0.3 is 9.47 Å². The lowest BCUT2D eigenvalue weighted by Crippen LogP contribution is -2.18. The zero-order valence-electron chi connectivity index (χ0n) is 11.1. The van der Waals surface area contributed by atoms with Gasteiger partial charge >= 0.3 is 0 Å². The average Bonchev–Trinajstić information content (AvgIpc) is 2.46. The van der Waals surface area contributed by atoms with E-state index in [0.29, 0.717) is 17.1 Å². The molecule has 1 saturated carbocycles. The molecular weight excluding hydrogens is 228 g/mol. The quantitative estimate of drug-likeness (QED) is 0.765. The predicted octanol–water partition coefficient (Wildman–Crippen LogP) is 3.47. The molecule has 2 rings (SSSR count). The highest BCUT2D eigenvalue weighted by Gasteiger charge is 2.24. The summed E-state index contributed by atoms with van der Waals surface area (Å²) in [7, 11) is 3.20. The molecule has 0 unspecified atom stereocenters. The average molecular weight is 248 g/mol. The number of carbonyl (C=O) groups is 1. The number of ether oxygens (including phenoxy) is 2. The van der Waals surface area contributed by atoms with Gasteiger partial charge in [-0.1, -0.05) is 19.3 Å². The smallest absolute Gasteiger partial charge is 0.169 e. The van der Waals surface area contributed by atoms with E-state index in [1.165, 1.54) is 6.42 Å². The van der Waals surface area contributed by atoms with Crippen molar-refractivity contribution in [1.29, 1.82) is 0 Å². The second-order valence-electron chi connectivity index (χ2n) is 4.77. The number of hydrogen-bond donors (Lipinski definition) is 0. The van der Waals surface area contributed by atoms with Crippen molar-refractivity contribution in [2.75, 3.05) is 14.2 Å². The number of Topliss-reactive ketones (excluding diaryl/α,β-unsaturated/α-hetero) is 1. The van der Waals surface area contributed by atoms with Crippen molar-refractivity contribution < 1.29 is 14.3 Å². The maximum absolute atomic E-state index is 12.5. The molecule has 18 heavy (non-hydrogen) atoms. The molecule has 0 aromatic heterocycles. The summed E-state index contributed by atoms with van der Waals surface area (Å²) in [5, 5.41) is 0. The first-order valence-corrected chi connectivity index (χ1v) is 6.52. The van der Waals surface area contributed by atoms with Crippen LogP contribution in [0.5, 0.6) is 11.5 Å². The van der Waals surface area contributed by atoms with Crippen LogP contribution in [-0.4, -0.2) is 20.0 Å². The van der Waals surface area contributed by atoms with Gasteiger partial charge in [0, 0.05) is 12.0 Å². The fraction of sp³-hybridized carbons (Fsp3) is 0.533.